The van der Waals surface area contributed by atoms with E-state index in [2.05, 4.69) is 5.32 Å². The molecule has 0 bridgehead atoms. The van der Waals surface area contributed by atoms with Crippen molar-refractivity contribution in [3.05, 3.63) is 84.4 Å². The van der Waals surface area contributed by atoms with E-state index in [1.165, 1.54) is 12.1 Å². The Morgan fingerprint density at radius 3 is 2.33 bits per heavy atom. The molecule has 0 aliphatic rings. The zero-order chi connectivity index (χ0) is 26.0. The van der Waals surface area contributed by atoms with Crippen LogP contribution in [0, 0.1) is 0 Å². The molecule has 7 nitrogen and oxygen atoms in total. The molecule has 3 rings (SSSR count). The van der Waals surface area contributed by atoms with Crippen LogP contribution in [0.15, 0.2) is 83.8 Å². The largest absolute Gasteiger partial charge is 0.494 e. The number of rotatable bonds is 13. The van der Waals surface area contributed by atoms with E-state index in [-0.39, 0.29) is 23.5 Å². The molecular weight excluding hydrogens is 476 g/mol. The van der Waals surface area contributed by atoms with Gasteiger partial charge in [-0.15, -0.1) is 0 Å². The van der Waals surface area contributed by atoms with Crippen molar-refractivity contribution in [2.45, 2.75) is 44.6 Å². The molecule has 0 radical (unpaired) electrons. The molecule has 1 amide bonds. The Bertz CT molecular complexity index is 1210. The molecule has 0 aromatic heterocycles. The zero-order valence-electron chi connectivity index (χ0n) is 21.0. The van der Waals surface area contributed by atoms with Crippen molar-refractivity contribution in [2.24, 2.45) is 0 Å². The third kappa shape index (κ3) is 7.75. The van der Waals surface area contributed by atoms with E-state index in [1.54, 1.807) is 42.5 Å². The number of amides is 1. The van der Waals surface area contributed by atoms with Gasteiger partial charge in [-0.1, -0.05) is 30.3 Å². The van der Waals surface area contributed by atoms with Crippen LogP contribution in [-0.2, 0) is 21.2 Å². The quantitative estimate of drug-likeness (QED) is 0.334. The van der Waals surface area contributed by atoms with Crippen molar-refractivity contribution in [3.8, 4) is 11.5 Å². The summed E-state index contributed by atoms with van der Waals surface area (Å²) in [5.41, 5.74) is 1.50. The second-order valence-electron chi connectivity index (χ2n) is 8.52. The van der Waals surface area contributed by atoms with Crippen LogP contribution in [0.25, 0.3) is 0 Å². The summed E-state index contributed by atoms with van der Waals surface area (Å²) in [4.78, 5) is 12.9. The van der Waals surface area contributed by atoms with E-state index in [0.29, 0.717) is 31.0 Å². The normalized spacial score (nSPS) is 11.2. The maximum Gasteiger partial charge on any atom is 0.264 e. The maximum absolute atomic E-state index is 13.4. The standard InChI is InChI=1S/C28H34N2O5S/c1-4-34-25-17-15-24(16-18-25)30(36(32,33)27-13-6-5-7-14-27)21-28(31)29-19-9-11-23-10-8-12-26(20-23)35-22(2)3/h5-8,10,12-18,20,22H,4,9,11,19,21H2,1-3H3,(H,29,31). The Labute approximate surface area is 214 Å². The molecule has 0 aliphatic carbocycles. The summed E-state index contributed by atoms with van der Waals surface area (Å²) in [7, 11) is -3.94. The van der Waals surface area contributed by atoms with Gasteiger partial charge in [0.25, 0.3) is 10.0 Å². The second-order valence-corrected chi connectivity index (χ2v) is 10.4. The minimum Gasteiger partial charge on any atom is -0.494 e. The molecule has 1 N–H and O–H groups in total. The lowest BCUT2D eigenvalue weighted by molar-refractivity contribution is -0.119. The Balaban J connectivity index is 1.65. The molecule has 0 atom stereocenters. The van der Waals surface area contributed by atoms with Gasteiger partial charge in [0.05, 0.1) is 23.3 Å². The summed E-state index contributed by atoms with van der Waals surface area (Å²) in [6.45, 7) is 6.44. The van der Waals surface area contributed by atoms with E-state index in [0.717, 1.165) is 22.0 Å². The molecule has 0 spiro atoms. The molecule has 8 heteroatoms. The van der Waals surface area contributed by atoms with Crippen molar-refractivity contribution in [3.63, 3.8) is 0 Å². The van der Waals surface area contributed by atoms with Crippen molar-refractivity contribution >= 4 is 21.6 Å². The smallest absolute Gasteiger partial charge is 0.264 e. The number of anilines is 1. The first kappa shape index (κ1) is 27.1. The Morgan fingerprint density at radius 1 is 0.944 bits per heavy atom. The van der Waals surface area contributed by atoms with Crippen molar-refractivity contribution < 1.29 is 22.7 Å². The van der Waals surface area contributed by atoms with Crippen LogP contribution in [-0.4, -0.2) is 40.1 Å². The van der Waals surface area contributed by atoms with Gasteiger partial charge < -0.3 is 14.8 Å². The molecule has 0 fully saturated rings. The number of benzene rings is 3. The number of hydrogen-bond acceptors (Lipinski definition) is 5. The number of nitrogens with zero attached hydrogens (tertiary/aromatic N) is 1. The van der Waals surface area contributed by atoms with Crippen LogP contribution in [0.1, 0.15) is 32.8 Å². The summed E-state index contributed by atoms with van der Waals surface area (Å²) < 4.78 is 39.1. The summed E-state index contributed by atoms with van der Waals surface area (Å²) in [6, 6.07) is 22.7. The number of carbonyl (C=O) groups is 1. The van der Waals surface area contributed by atoms with Crippen LogP contribution in [0.3, 0.4) is 0 Å². The van der Waals surface area contributed by atoms with Crippen LogP contribution < -0.4 is 19.1 Å². The van der Waals surface area contributed by atoms with E-state index < -0.39 is 10.0 Å². The molecule has 0 unspecified atom stereocenters. The van der Waals surface area contributed by atoms with E-state index in [4.69, 9.17) is 9.47 Å². The Morgan fingerprint density at radius 2 is 1.67 bits per heavy atom. The monoisotopic (exact) mass is 510 g/mol. The summed E-state index contributed by atoms with van der Waals surface area (Å²) >= 11 is 0. The van der Waals surface area contributed by atoms with Crippen LogP contribution in [0.4, 0.5) is 5.69 Å². The highest BCUT2D eigenvalue weighted by Crippen LogP contribution is 2.25. The van der Waals surface area contributed by atoms with Gasteiger partial charge in [0, 0.05) is 6.54 Å². The first-order valence-corrected chi connectivity index (χ1v) is 13.6. The highest BCUT2D eigenvalue weighted by Gasteiger charge is 2.27. The van der Waals surface area contributed by atoms with Crippen molar-refractivity contribution in [1.82, 2.24) is 5.32 Å². The van der Waals surface area contributed by atoms with Gasteiger partial charge in [0.2, 0.25) is 5.91 Å². The van der Waals surface area contributed by atoms with Crippen LogP contribution in [0.2, 0.25) is 0 Å². The van der Waals surface area contributed by atoms with Gasteiger partial charge in [-0.2, -0.15) is 0 Å². The van der Waals surface area contributed by atoms with E-state index >= 15 is 0 Å². The van der Waals surface area contributed by atoms with Gasteiger partial charge in [0.15, 0.2) is 0 Å². The number of carbonyl (C=O) groups excluding carboxylic acids is 1. The highest BCUT2D eigenvalue weighted by atomic mass is 32.2. The molecule has 192 valence electrons. The topological polar surface area (TPSA) is 84.9 Å². The third-order valence-corrected chi connectivity index (χ3v) is 7.08. The molecule has 0 aliphatic heterocycles. The predicted octanol–water partition coefficient (Wildman–Crippen LogP) is 4.82. The third-order valence-electron chi connectivity index (χ3n) is 5.29. The van der Waals surface area contributed by atoms with Crippen molar-refractivity contribution in [1.29, 1.82) is 0 Å². The number of nitrogens with one attached hydrogen (secondary N) is 1. The zero-order valence-corrected chi connectivity index (χ0v) is 21.8. The van der Waals surface area contributed by atoms with Gasteiger partial charge in [-0.25, -0.2) is 8.42 Å². The molecule has 3 aromatic rings. The van der Waals surface area contributed by atoms with E-state index in [9.17, 15) is 13.2 Å². The van der Waals surface area contributed by atoms with Gasteiger partial charge in [-0.3, -0.25) is 9.10 Å². The maximum atomic E-state index is 13.4. The number of aryl methyl sites for hydroxylation is 1. The number of ether oxygens (including phenoxy) is 2. The molecule has 0 saturated carbocycles. The highest BCUT2D eigenvalue weighted by molar-refractivity contribution is 7.92. The summed E-state index contributed by atoms with van der Waals surface area (Å²) in [6.07, 6.45) is 1.58. The van der Waals surface area contributed by atoms with Gasteiger partial charge in [0.1, 0.15) is 18.0 Å². The fourth-order valence-corrected chi connectivity index (χ4v) is 5.11. The molecule has 0 heterocycles. The number of hydrogen-bond donors (Lipinski definition) is 1. The molecule has 0 saturated heterocycles. The van der Waals surface area contributed by atoms with Crippen molar-refractivity contribution in [2.75, 3.05) is 24.0 Å². The average Bonchev–Trinajstić information content (AvgIpc) is 2.86. The van der Waals surface area contributed by atoms with E-state index in [1.807, 2.05) is 45.0 Å². The fraction of sp³-hybridized carbons (Fsp3) is 0.321. The second kappa shape index (κ2) is 13.0. The van der Waals surface area contributed by atoms with Crippen LogP contribution >= 0.6 is 0 Å². The molecule has 3 aromatic carbocycles. The summed E-state index contributed by atoms with van der Waals surface area (Å²) in [5, 5.41) is 2.85. The SMILES string of the molecule is CCOc1ccc(N(CC(=O)NCCCc2cccc(OC(C)C)c2)S(=O)(=O)c2ccccc2)cc1. The molecular formula is C28H34N2O5S. The number of sulfonamides is 1. The lowest BCUT2D eigenvalue weighted by Gasteiger charge is -2.24. The fourth-order valence-electron chi connectivity index (χ4n) is 3.66. The lowest BCUT2D eigenvalue weighted by Crippen LogP contribution is -2.41. The minimum atomic E-state index is -3.94. The minimum absolute atomic E-state index is 0.102. The molecule has 36 heavy (non-hydrogen) atoms. The summed E-state index contributed by atoms with van der Waals surface area (Å²) in [5.74, 6) is 1.08. The Hall–Kier alpha value is -3.52. The first-order chi connectivity index (χ1) is 17.3. The average molecular weight is 511 g/mol. The van der Waals surface area contributed by atoms with Gasteiger partial charge >= 0.3 is 0 Å². The van der Waals surface area contributed by atoms with Gasteiger partial charge in [-0.05, 0) is 87.7 Å². The lowest BCUT2D eigenvalue weighted by atomic mass is 10.1. The van der Waals surface area contributed by atoms with Crippen LogP contribution in [0.5, 0.6) is 11.5 Å². The predicted molar refractivity (Wildman–Crippen MR) is 142 cm³/mol. The Kier molecular flexibility index (Phi) is 9.76. The first-order valence-electron chi connectivity index (χ1n) is 12.1.